The fourth-order valence-corrected chi connectivity index (χ4v) is 2.81. The van der Waals surface area contributed by atoms with Crippen LogP contribution in [0.2, 0.25) is 5.02 Å². The average molecular weight is 327 g/mol. The summed E-state index contributed by atoms with van der Waals surface area (Å²) in [6.07, 6.45) is 0. The van der Waals surface area contributed by atoms with E-state index < -0.39 is 0 Å². The number of aromatic nitrogens is 5. The van der Waals surface area contributed by atoms with E-state index in [0.29, 0.717) is 11.6 Å². The Hall–Kier alpha value is -2.60. The second-order valence-electron chi connectivity index (χ2n) is 5.54. The van der Waals surface area contributed by atoms with Crippen molar-refractivity contribution in [2.75, 3.05) is 5.32 Å². The predicted octanol–water partition coefficient (Wildman–Crippen LogP) is 3.49. The van der Waals surface area contributed by atoms with E-state index in [4.69, 9.17) is 11.6 Å². The fourth-order valence-electron chi connectivity index (χ4n) is 2.63. The van der Waals surface area contributed by atoms with Crippen LogP contribution in [0.25, 0.3) is 16.7 Å². The van der Waals surface area contributed by atoms with Crippen molar-refractivity contribution < 1.29 is 0 Å². The summed E-state index contributed by atoms with van der Waals surface area (Å²) in [5.41, 5.74) is 4.54. The van der Waals surface area contributed by atoms with Gasteiger partial charge < -0.3 is 10.3 Å². The first kappa shape index (κ1) is 14.0. The molecule has 0 bridgehead atoms. The summed E-state index contributed by atoms with van der Waals surface area (Å²) in [5, 5.41) is 8.53. The standard InChI is InChI=1S/C16H15ClN6/c1-9-5-15(23-16(19-9)6-10(2)22-23)18-8-14-20-12-4-3-11(17)7-13(12)21-14/h3-7,18H,8H2,1-2H3,(H,20,21). The van der Waals surface area contributed by atoms with Crippen LogP contribution < -0.4 is 5.32 Å². The Kier molecular flexibility index (Phi) is 3.20. The van der Waals surface area contributed by atoms with Gasteiger partial charge in [-0.1, -0.05) is 11.6 Å². The summed E-state index contributed by atoms with van der Waals surface area (Å²) in [6, 6.07) is 9.55. The van der Waals surface area contributed by atoms with E-state index >= 15 is 0 Å². The van der Waals surface area contributed by atoms with Crippen LogP contribution in [0.15, 0.2) is 30.3 Å². The van der Waals surface area contributed by atoms with E-state index in [0.717, 1.165) is 39.7 Å². The quantitative estimate of drug-likeness (QED) is 0.604. The lowest BCUT2D eigenvalue weighted by Crippen LogP contribution is -2.07. The molecule has 3 aromatic heterocycles. The van der Waals surface area contributed by atoms with E-state index in [9.17, 15) is 0 Å². The van der Waals surface area contributed by atoms with Gasteiger partial charge in [-0.2, -0.15) is 9.61 Å². The van der Waals surface area contributed by atoms with Crippen LogP contribution in [0.4, 0.5) is 5.82 Å². The minimum absolute atomic E-state index is 0.559. The Bertz CT molecular complexity index is 1020. The number of hydrogen-bond acceptors (Lipinski definition) is 4. The maximum absolute atomic E-state index is 6.00. The normalized spacial score (nSPS) is 11.4. The zero-order valence-corrected chi connectivity index (χ0v) is 13.5. The Balaban J connectivity index is 1.65. The van der Waals surface area contributed by atoms with Crippen molar-refractivity contribution in [1.82, 2.24) is 24.6 Å². The lowest BCUT2D eigenvalue weighted by atomic mass is 10.3. The number of nitrogens with one attached hydrogen (secondary N) is 2. The molecule has 2 N–H and O–H groups in total. The molecule has 0 radical (unpaired) electrons. The van der Waals surface area contributed by atoms with Gasteiger partial charge in [-0.3, -0.25) is 0 Å². The average Bonchev–Trinajstić information content (AvgIpc) is 3.06. The van der Waals surface area contributed by atoms with Crippen LogP contribution in [0.3, 0.4) is 0 Å². The summed E-state index contributed by atoms with van der Waals surface area (Å²) in [7, 11) is 0. The number of benzene rings is 1. The third-order valence-electron chi connectivity index (χ3n) is 3.61. The monoisotopic (exact) mass is 326 g/mol. The van der Waals surface area contributed by atoms with E-state index in [-0.39, 0.29) is 0 Å². The molecule has 0 atom stereocenters. The first-order chi connectivity index (χ1) is 11.1. The van der Waals surface area contributed by atoms with Gasteiger partial charge in [-0.25, -0.2) is 9.97 Å². The number of nitrogens with zero attached hydrogens (tertiary/aromatic N) is 4. The highest BCUT2D eigenvalue weighted by molar-refractivity contribution is 6.31. The number of H-pyrrole nitrogens is 1. The lowest BCUT2D eigenvalue weighted by Gasteiger charge is -2.07. The molecule has 7 heteroatoms. The minimum atomic E-state index is 0.559. The van der Waals surface area contributed by atoms with E-state index in [1.54, 1.807) is 0 Å². The molecular formula is C16H15ClN6. The largest absolute Gasteiger partial charge is 0.363 e. The molecule has 0 fully saturated rings. The van der Waals surface area contributed by atoms with E-state index in [2.05, 4.69) is 25.4 Å². The third-order valence-corrected chi connectivity index (χ3v) is 3.84. The van der Waals surface area contributed by atoms with Crippen LogP contribution in [0.5, 0.6) is 0 Å². The van der Waals surface area contributed by atoms with Crippen LogP contribution >= 0.6 is 11.6 Å². The van der Waals surface area contributed by atoms with Gasteiger partial charge in [0.1, 0.15) is 11.6 Å². The molecule has 6 nitrogen and oxygen atoms in total. The Morgan fingerprint density at radius 1 is 1.13 bits per heavy atom. The molecule has 0 unspecified atom stereocenters. The van der Waals surface area contributed by atoms with Crippen molar-refractivity contribution in [2.45, 2.75) is 20.4 Å². The van der Waals surface area contributed by atoms with Gasteiger partial charge in [0, 0.05) is 22.8 Å². The smallest absolute Gasteiger partial charge is 0.157 e. The number of aromatic amines is 1. The molecule has 0 amide bonds. The van der Waals surface area contributed by atoms with Crippen LogP contribution in [0.1, 0.15) is 17.2 Å². The molecule has 0 saturated heterocycles. The molecule has 4 rings (SSSR count). The molecule has 1 aromatic carbocycles. The van der Waals surface area contributed by atoms with Crippen LogP contribution in [0, 0.1) is 13.8 Å². The van der Waals surface area contributed by atoms with Crippen molar-refractivity contribution >= 4 is 34.1 Å². The van der Waals surface area contributed by atoms with Gasteiger partial charge in [0.25, 0.3) is 0 Å². The zero-order valence-electron chi connectivity index (χ0n) is 12.8. The second kappa shape index (κ2) is 5.24. The number of imidazole rings is 1. The van der Waals surface area contributed by atoms with Gasteiger partial charge in [0.15, 0.2) is 5.65 Å². The first-order valence-corrected chi connectivity index (χ1v) is 7.68. The first-order valence-electron chi connectivity index (χ1n) is 7.30. The number of anilines is 1. The highest BCUT2D eigenvalue weighted by Crippen LogP contribution is 2.18. The molecule has 116 valence electrons. The van der Waals surface area contributed by atoms with Crippen molar-refractivity contribution in [3.63, 3.8) is 0 Å². The Morgan fingerprint density at radius 3 is 2.87 bits per heavy atom. The molecule has 0 saturated carbocycles. The zero-order chi connectivity index (χ0) is 16.0. The van der Waals surface area contributed by atoms with Gasteiger partial charge >= 0.3 is 0 Å². The fraction of sp³-hybridized carbons (Fsp3) is 0.188. The minimum Gasteiger partial charge on any atom is -0.363 e. The molecule has 4 aromatic rings. The summed E-state index contributed by atoms with van der Waals surface area (Å²) in [4.78, 5) is 12.3. The highest BCUT2D eigenvalue weighted by atomic mass is 35.5. The van der Waals surface area contributed by atoms with Gasteiger partial charge in [-0.05, 0) is 32.0 Å². The maximum atomic E-state index is 6.00. The Labute approximate surface area is 137 Å². The van der Waals surface area contributed by atoms with Crippen LogP contribution in [-0.4, -0.2) is 24.6 Å². The van der Waals surface area contributed by atoms with Crippen molar-refractivity contribution in [3.8, 4) is 0 Å². The molecule has 0 aliphatic heterocycles. The number of fused-ring (bicyclic) bond motifs is 2. The van der Waals surface area contributed by atoms with Gasteiger partial charge in [0.05, 0.1) is 23.3 Å². The van der Waals surface area contributed by atoms with Crippen LogP contribution in [-0.2, 0) is 6.54 Å². The molecule has 23 heavy (non-hydrogen) atoms. The highest BCUT2D eigenvalue weighted by Gasteiger charge is 2.08. The summed E-state index contributed by atoms with van der Waals surface area (Å²) < 4.78 is 1.81. The summed E-state index contributed by atoms with van der Waals surface area (Å²) in [6.45, 7) is 4.48. The van der Waals surface area contributed by atoms with E-state index in [1.807, 2.05) is 48.7 Å². The lowest BCUT2D eigenvalue weighted by molar-refractivity contribution is 0.889. The number of rotatable bonds is 3. The Morgan fingerprint density at radius 2 is 2.00 bits per heavy atom. The second-order valence-corrected chi connectivity index (χ2v) is 5.97. The third kappa shape index (κ3) is 2.61. The van der Waals surface area contributed by atoms with Crippen molar-refractivity contribution in [1.29, 1.82) is 0 Å². The number of aryl methyl sites for hydroxylation is 2. The molecule has 0 spiro atoms. The molecular weight excluding hydrogens is 312 g/mol. The number of halogens is 1. The SMILES string of the molecule is Cc1cc(NCc2nc3ccc(Cl)cc3[nH]2)n2nc(C)cc2n1. The topological polar surface area (TPSA) is 70.9 Å². The van der Waals surface area contributed by atoms with Gasteiger partial charge in [-0.15, -0.1) is 0 Å². The molecule has 3 heterocycles. The predicted molar refractivity (Wildman–Crippen MR) is 90.9 cm³/mol. The molecule has 0 aliphatic carbocycles. The summed E-state index contributed by atoms with van der Waals surface area (Å²) in [5.74, 6) is 1.73. The summed E-state index contributed by atoms with van der Waals surface area (Å²) >= 11 is 6.00. The maximum Gasteiger partial charge on any atom is 0.157 e. The van der Waals surface area contributed by atoms with Gasteiger partial charge in [0.2, 0.25) is 0 Å². The van der Waals surface area contributed by atoms with Crippen molar-refractivity contribution in [3.05, 3.63) is 52.6 Å². The molecule has 0 aliphatic rings. The van der Waals surface area contributed by atoms with Crippen molar-refractivity contribution in [2.24, 2.45) is 0 Å². The number of hydrogen-bond donors (Lipinski definition) is 2. The van der Waals surface area contributed by atoms with E-state index in [1.165, 1.54) is 0 Å².